The number of anilines is 1. The van der Waals surface area contributed by atoms with Crippen LogP contribution in [0.1, 0.15) is 6.92 Å². The first kappa shape index (κ1) is 11.2. The molecule has 0 unspecified atom stereocenters. The van der Waals surface area contributed by atoms with Gasteiger partial charge in [0.2, 0.25) is 0 Å². The third-order valence-corrected chi connectivity index (χ3v) is 3.77. The number of para-hydroxylation sites is 1. The van der Waals surface area contributed by atoms with Crippen molar-refractivity contribution in [2.75, 3.05) is 5.73 Å². The zero-order chi connectivity index (χ0) is 12.7. The summed E-state index contributed by atoms with van der Waals surface area (Å²) in [5.41, 5.74) is 9.13. The van der Waals surface area contributed by atoms with Crippen LogP contribution in [0.2, 0.25) is 0 Å². The lowest BCUT2D eigenvalue weighted by Gasteiger charge is -2.15. The molecule has 0 aliphatic carbocycles. The molecule has 0 radical (unpaired) electrons. The maximum absolute atomic E-state index is 6.09. The summed E-state index contributed by atoms with van der Waals surface area (Å²) < 4.78 is 3.11. The van der Waals surface area contributed by atoms with Crippen molar-refractivity contribution in [3.8, 4) is 0 Å². The van der Waals surface area contributed by atoms with E-state index >= 15 is 0 Å². The molecule has 0 aliphatic rings. The van der Waals surface area contributed by atoms with Crippen LogP contribution in [0.15, 0.2) is 42.5 Å². The van der Waals surface area contributed by atoms with Gasteiger partial charge in [0.05, 0.1) is 10.0 Å². The SMILES string of the molecule is CCn1c2ccccc2c(=S)c2c(N)cccc21. The molecule has 2 aromatic carbocycles. The van der Waals surface area contributed by atoms with Crippen LogP contribution in [0.3, 0.4) is 0 Å². The molecule has 0 saturated carbocycles. The van der Waals surface area contributed by atoms with Gasteiger partial charge in [0.15, 0.2) is 0 Å². The van der Waals surface area contributed by atoms with E-state index in [1.165, 1.54) is 5.52 Å². The van der Waals surface area contributed by atoms with Crippen LogP contribution in [0, 0.1) is 4.51 Å². The molecule has 1 heterocycles. The molecule has 18 heavy (non-hydrogen) atoms. The van der Waals surface area contributed by atoms with E-state index in [0.29, 0.717) is 0 Å². The number of fused-ring (bicyclic) bond motifs is 2. The number of nitrogens with two attached hydrogens (primary N) is 1. The van der Waals surface area contributed by atoms with Crippen LogP contribution in [0.25, 0.3) is 21.8 Å². The lowest BCUT2D eigenvalue weighted by molar-refractivity contribution is 0.822. The molecule has 0 fully saturated rings. The minimum absolute atomic E-state index is 0.755. The Morgan fingerprint density at radius 1 is 1.06 bits per heavy atom. The third-order valence-electron chi connectivity index (χ3n) is 3.35. The maximum atomic E-state index is 6.09. The van der Waals surface area contributed by atoms with Crippen LogP contribution in [0.5, 0.6) is 0 Å². The van der Waals surface area contributed by atoms with Crippen molar-refractivity contribution in [2.24, 2.45) is 0 Å². The number of aromatic nitrogens is 1. The summed E-state index contributed by atoms with van der Waals surface area (Å²) in [6, 6.07) is 14.2. The van der Waals surface area contributed by atoms with Crippen LogP contribution >= 0.6 is 12.2 Å². The molecule has 3 aromatic rings. The Morgan fingerprint density at radius 3 is 2.56 bits per heavy atom. The number of rotatable bonds is 1. The molecule has 1 aromatic heterocycles. The van der Waals surface area contributed by atoms with Gasteiger partial charge in [-0.05, 0) is 25.1 Å². The van der Waals surface area contributed by atoms with Crippen LogP contribution < -0.4 is 5.73 Å². The van der Waals surface area contributed by atoms with Crippen LogP contribution in [-0.4, -0.2) is 4.57 Å². The molecule has 0 amide bonds. The molecule has 3 heteroatoms. The normalized spacial score (nSPS) is 11.2. The molecule has 0 bridgehead atoms. The molecular weight excluding hydrogens is 240 g/mol. The Balaban J connectivity index is 2.71. The topological polar surface area (TPSA) is 30.9 Å². The summed E-state index contributed by atoms with van der Waals surface area (Å²) in [5, 5.41) is 2.09. The first-order valence-electron chi connectivity index (χ1n) is 6.03. The molecule has 0 spiro atoms. The highest BCUT2D eigenvalue weighted by Crippen LogP contribution is 2.29. The van der Waals surface area contributed by atoms with Crippen molar-refractivity contribution in [3.05, 3.63) is 47.0 Å². The predicted molar refractivity (Wildman–Crippen MR) is 80.4 cm³/mol. The number of nitrogens with zero attached hydrogens (tertiary/aromatic N) is 1. The van der Waals surface area contributed by atoms with E-state index in [1.807, 2.05) is 24.3 Å². The Kier molecular flexibility index (Phi) is 2.56. The second-order valence-corrected chi connectivity index (χ2v) is 4.74. The molecule has 0 aliphatic heterocycles. The number of hydrogen-bond acceptors (Lipinski definition) is 2. The van der Waals surface area contributed by atoms with E-state index in [9.17, 15) is 0 Å². The number of hydrogen-bond donors (Lipinski definition) is 1. The summed E-state index contributed by atoms with van der Waals surface area (Å²) in [4.78, 5) is 0. The molecule has 90 valence electrons. The number of aryl methyl sites for hydroxylation is 1. The van der Waals surface area contributed by atoms with E-state index in [-0.39, 0.29) is 0 Å². The maximum Gasteiger partial charge on any atom is 0.0584 e. The lowest BCUT2D eigenvalue weighted by Crippen LogP contribution is -2.02. The standard InChI is InChI=1S/C15H14N2S/c1-2-17-12-8-4-3-6-10(12)15(18)14-11(16)7-5-9-13(14)17/h3-9H,2,16H2,1H3. The van der Waals surface area contributed by atoms with Crippen LogP contribution in [0.4, 0.5) is 5.69 Å². The highest BCUT2D eigenvalue weighted by atomic mass is 32.1. The van der Waals surface area contributed by atoms with E-state index in [1.54, 1.807) is 0 Å². The highest BCUT2D eigenvalue weighted by Gasteiger charge is 2.08. The fourth-order valence-electron chi connectivity index (χ4n) is 2.54. The van der Waals surface area contributed by atoms with Gasteiger partial charge in [-0.25, -0.2) is 0 Å². The molecule has 3 rings (SSSR count). The fourth-order valence-corrected chi connectivity index (χ4v) is 2.93. The minimum atomic E-state index is 0.755. The molecule has 0 atom stereocenters. The lowest BCUT2D eigenvalue weighted by atomic mass is 10.1. The van der Waals surface area contributed by atoms with Gasteiger partial charge in [0, 0.05) is 28.5 Å². The second kappa shape index (κ2) is 4.10. The Labute approximate surface area is 111 Å². The molecular formula is C15H14N2S. The van der Waals surface area contributed by atoms with Crippen molar-refractivity contribution in [1.82, 2.24) is 4.57 Å². The summed E-state index contributed by atoms with van der Waals surface area (Å²) in [6.07, 6.45) is 0. The Bertz CT molecular complexity index is 803. The number of benzene rings is 2. The van der Waals surface area contributed by atoms with Crippen molar-refractivity contribution in [2.45, 2.75) is 13.5 Å². The first-order valence-corrected chi connectivity index (χ1v) is 6.44. The summed E-state index contributed by atoms with van der Waals surface area (Å²) in [6.45, 7) is 3.04. The number of pyridine rings is 1. The van der Waals surface area contributed by atoms with E-state index in [2.05, 4.69) is 29.7 Å². The zero-order valence-electron chi connectivity index (χ0n) is 10.2. The zero-order valence-corrected chi connectivity index (χ0v) is 11.0. The smallest absolute Gasteiger partial charge is 0.0584 e. The Morgan fingerprint density at radius 2 is 1.78 bits per heavy atom. The minimum Gasteiger partial charge on any atom is -0.398 e. The molecule has 2 N–H and O–H groups in total. The van der Waals surface area contributed by atoms with E-state index in [4.69, 9.17) is 18.0 Å². The van der Waals surface area contributed by atoms with Gasteiger partial charge >= 0.3 is 0 Å². The Hall–Kier alpha value is -1.87. The fraction of sp³-hybridized carbons (Fsp3) is 0.133. The second-order valence-electron chi connectivity index (χ2n) is 4.33. The largest absolute Gasteiger partial charge is 0.398 e. The predicted octanol–water partition coefficient (Wildman–Crippen LogP) is 4.13. The molecule has 2 nitrogen and oxygen atoms in total. The third kappa shape index (κ3) is 1.44. The highest BCUT2D eigenvalue weighted by molar-refractivity contribution is 7.72. The first-order chi connectivity index (χ1) is 8.74. The van der Waals surface area contributed by atoms with Gasteiger partial charge in [0.1, 0.15) is 0 Å². The average Bonchev–Trinajstić information content (AvgIpc) is 2.39. The summed E-state index contributed by atoms with van der Waals surface area (Å²) in [7, 11) is 0. The number of nitrogen functional groups attached to an aromatic ring is 1. The van der Waals surface area contributed by atoms with Gasteiger partial charge in [-0.3, -0.25) is 0 Å². The monoisotopic (exact) mass is 254 g/mol. The van der Waals surface area contributed by atoms with Gasteiger partial charge < -0.3 is 10.3 Å². The van der Waals surface area contributed by atoms with Gasteiger partial charge in [-0.15, -0.1) is 0 Å². The van der Waals surface area contributed by atoms with Gasteiger partial charge in [-0.1, -0.05) is 36.5 Å². The van der Waals surface area contributed by atoms with Crippen LogP contribution in [-0.2, 0) is 6.54 Å². The van der Waals surface area contributed by atoms with E-state index in [0.717, 1.165) is 33.0 Å². The summed E-state index contributed by atoms with van der Waals surface area (Å²) in [5.74, 6) is 0. The average molecular weight is 254 g/mol. The van der Waals surface area contributed by atoms with Crippen molar-refractivity contribution in [3.63, 3.8) is 0 Å². The van der Waals surface area contributed by atoms with Gasteiger partial charge in [-0.2, -0.15) is 0 Å². The summed E-state index contributed by atoms with van der Waals surface area (Å²) >= 11 is 5.60. The van der Waals surface area contributed by atoms with Crippen molar-refractivity contribution in [1.29, 1.82) is 0 Å². The van der Waals surface area contributed by atoms with Crippen molar-refractivity contribution >= 4 is 39.7 Å². The van der Waals surface area contributed by atoms with Crippen molar-refractivity contribution < 1.29 is 0 Å². The molecule has 0 saturated heterocycles. The quantitative estimate of drug-likeness (QED) is 0.402. The van der Waals surface area contributed by atoms with Gasteiger partial charge in [0.25, 0.3) is 0 Å². The van der Waals surface area contributed by atoms with E-state index < -0.39 is 0 Å².